The summed E-state index contributed by atoms with van der Waals surface area (Å²) in [7, 11) is 0. The van der Waals surface area contributed by atoms with Gasteiger partial charge in [-0.3, -0.25) is 9.89 Å². The number of H-pyrrole nitrogens is 1. The maximum absolute atomic E-state index is 12.4. The zero-order valence-corrected chi connectivity index (χ0v) is 13.6. The second-order valence-electron chi connectivity index (χ2n) is 6.10. The fourth-order valence-electron chi connectivity index (χ4n) is 3.09. The summed E-state index contributed by atoms with van der Waals surface area (Å²) in [5.41, 5.74) is 0.979. The minimum atomic E-state index is 0.0137. The monoisotopic (exact) mass is 338 g/mol. The van der Waals surface area contributed by atoms with Crippen LogP contribution in [0.5, 0.6) is 0 Å². The van der Waals surface area contributed by atoms with Gasteiger partial charge in [0.15, 0.2) is 5.82 Å². The van der Waals surface area contributed by atoms with Crippen LogP contribution in [0.1, 0.15) is 24.6 Å². The quantitative estimate of drug-likeness (QED) is 0.756. The van der Waals surface area contributed by atoms with Crippen LogP contribution >= 0.6 is 0 Å². The molecule has 0 bridgehead atoms. The Morgan fingerprint density at radius 1 is 1.28 bits per heavy atom. The van der Waals surface area contributed by atoms with Gasteiger partial charge in [0.05, 0.1) is 0 Å². The molecule has 0 radical (unpaired) electrons. The fraction of sp³-hybridized carbons (Fsp3) is 0.375. The number of rotatable bonds is 4. The van der Waals surface area contributed by atoms with Gasteiger partial charge in [-0.15, -0.1) is 5.10 Å². The summed E-state index contributed by atoms with van der Waals surface area (Å²) in [5, 5.41) is 18.2. The van der Waals surface area contributed by atoms with E-state index < -0.39 is 0 Å². The van der Waals surface area contributed by atoms with Crippen LogP contribution in [0.15, 0.2) is 36.7 Å². The van der Waals surface area contributed by atoms with Gasteiger partial charge in [-0.25, -0.2) is 9.67 Å². The number of carbonyl (C=O) groups excluding carboxylic acids is 1. The Morgan fingerprint density at radius 3 is 2.96 bits per heavy atom. The molecule has 0 saturated carbocycles. The Bertz CT molecular complexity index is 829. The number of amides is 1. The minimum absolute atomic E-state index is 0.0137. The Labute approximate surface area is 144 Å². The van der Waals surface area contributed by atoms with Crippen LogP contribution in [0.25, 0.3) is 11.4 Å². The molecule has 3 aromatic rings. The molecule has 1 saturated heterocycles. The number of aromatic amines is 1. The van der Waals surface area contributed by atoms with E-state index in [1.807, 2.05) is 35.2 Å². The average molecular weight is 338 g/mol. The first-order chi connectivity index (χ1) is 12.3. The van der Waals surface area contributed by atoms with Crippen LogP contribution in [0.3, 0.4) is 0 Å². The molecule has 3 heterocycles. The van der Waals surface area contributed by atoms with Gasteiger partial charge in [-0.2, -0.15) is 5.10 Å². The van der Waals surface area contributed by atoms with Crippen molar-refractivity contribution >= 4 is 5.91 Å². The number of aromatic nitrogens is 7. The number of nitrogens with zero attached hydrogens (tertiary/aromatic N) is 7. The third-order valence-electron chi connectivity index (χ3n) is 4.38. The molecule has 9 nitrogen and oxygen atoms in total. The van der Waals surface area contributed by atoms with Crippen LogP contribution in [0, 0.1) is 0 Å². The molecule has 4 rings (SSSR count). The molecule has 0 spiro atoms. The summed E-state index contributed by atoms with van der Waals surface area (Å²) >= 11 is 0. The van der Waals surface area contributed by atoms with Gasteiger partial charge in [0.25, 0.3) is 0 Å². The van der Waals surface area contributed by atoms with E-state index in [2.05, 4.69) is 30.7 Å². The molecule has 0 aliphatic carbocycles. The third kappa shape index (κ3) is 3.39. The maximum Gasteiger partial charge on any atom is 0.244 e. The van der Waals surface area contributed by atoms with E-state index >= 15 is 0 Å². The lowest BCUT2D eigenvalue weighted by Gasteiger charge is -2.31. The van der Waals surface area contributed by atoms with Gasteiger partial charge in [-0.1, -0.05) is 30.3 Å². The van der Waals surface area contributed by atoms with E-state index in [1.165, 1.54) is 11.0 Å². The predicted molar refractivity (Wildman–Crippen MR) is 88.2 cm³/mol. The smallest absolute Gasteiger partial charge is 0.244 e. The van der Waals surface area contributed by atoms with Crippen LogP contribution in [0.2, 0.25) is 0 Å². The lowest BCUT2D eigenvalue weighted by atomic mass is 9.97. The summed E-state index contributed by atoms with van der Waals surface area (Å²) in [5.74, 6) is 1.70. The molecule has 1 atom stereocenters. The highest BCUT2D eigenvalue weighted by Gasteiger charge is 2.27. The van der Waals surface area contributed by atoms with Crippen molar-refractivity contribution in [3.8, 4) is 11.4 Å². The normalized spacial score (nSPS) is 17.6. The molecule has 128 valence electrons. The highest BCUT2D eigenvalue weighted by molar-refractivity contribution is 5.76. The largest absolute Gasteiger partial charge is 0.340 e. The Kier molecular flexibility index (Phi) is 4.19. The molecule has 1 N–H and O–H groups in total. The first-order valence-corrected chi connectivity index (χ1v) is 8.26. The summed E-state index contributed by atoms with van der Waals surface area (Å²) in [6, 6.07) is 9.86. The molecule has 25 heavy (non-hydrogen) atoms. The standard InChI is InChI=1S/C16H18N8O/c25-14(10-24-11-17-21-22-24)23-8-4-7-13(9-23)16-18-15(19-20-16)12-5-2-1-3-6-12/h1-3,5-6,11,13H,4,7-10H2,(H,18,19,20)/t13-/m0/s1. The Morgan fingerprint density at radius 2 is 2.16 bits per heavy atom. The summed E-state index contributed by atoms with van der Waals surface area (Å²) in [6.07, 6.45) is 3.37. The molecule has 1 aromatic carbocycles. The van der Waals surface area contributed by atoms with Crippen LogP contribution < -0.4 is 0 Å². The van der Waals surface area contributed by atoms with Crippen molar-refractivity contribution < 1.29 is 4.79 Å². The third-order valence-corrected chi connectivity index (χ3v) is 4.38. The van der Waals surface area contributed by atoms with Crippen molar-refractivity contribution in [2.24, 2.45) is 0 Å². The van der Waals surface area contributed by atoms with Crippen molar-refractivity contribution in [2.45, 2.75) is 25.3 Å². The fourth-order valence-corrected chi connectivity index (χ4v) is 3.09. The van der Waals surface area contributed by atoms with Crippen LogP contribution in [-0.4, -0.2) is 59.3 Å². The van der Waals surface area contributed by atoms with Gasteiger partial charge in [0, 0.05) is 24.6 Å². The van der Waals surface area contributed by atoms with Crippen molar-refractivity contribution in [3.05, 3.63) is 42.5 Å². The molecular formula is C16H18N8O. The molecule has 0 unspecified atom stereocenters. The molecule has 9 heteroatoms. The van der Waals surface area contributed by atoms with E-state index in [4.69, 9.17) is 0 Å². The van der Waals surface area contributed by atoms with Crippen molar-refractivity contribution in [3.63, 3.8) is 0 Å². The number of carbonyl (C=O) groups is 1. The lowest BCUT2D eigenvalue weighted by Crippen LogP contribution is -2.41. The summed E-state index contributed by atoms with van der Waals surface area (Å²) in [4.78, 5) is 18.9. The number of nitrogens with one attached hydrogen (secondary N) is 1. The van der Waals surface area contributed by atoms with Crippen LogP contribution in [-0.2, 0) is 11.3 Å². The topological polar surface area (TPSA) is 105 Å². The van der Waals surface area contributed by atoms with Gasteiger partial charge in [0.1, 0.15) is 18.7 Å². The molecule has 2 aromatic heterocycles. The molecule has 1 fully saturated rings. The van der Waals surface area contributed by atoms with E-state index in [9.17, 15) is 4.79 Å². The number of benzene rings is 1. The van der Waals surface area contributed by atoms with Gasteiger partial charge in [-0.05, 0) is 23.3 Å². The minimum Gasteiger partial charge on any atom is -0.340 e. The van der Waals surface area contributed by atoms with Gasteiger partial charge in [0.2, 0.25) is 5.91 Å². The Hall–Kier alpha value is -3.10. The van der Waals surface area contributed by atoms with Crippen molar-refractivity contribution in [1.82, 2.24) is 40.3 Å². The zero-order valence-electron chi connectivity index (χ0n) is 13.6. The second kappa shape index (κ2) is 6.80. The van der Waals surface area contributed by atoms with Gasteiger partial charge < -0.3 is 4.90 Å². The summed E-state index contributed by atoms with van der Waals surface area (Å²) < 4.78 is 1.44. The second-order valence-corrected chi connectivity index (χ2v) is 6.10. The first kappa shape index (κ1) is 15.4. The van der Waals surface area contributed by atoms with Crippen molar-refractivity contribution in [1.29, 1.82) is 0 Å². The van der Waals surface area contributed by atoms with Gasteiger partial charge >= 0.3 is 0 Å². The number of tetrazole rings is 1. The molecule has 1 aliphatic rings. The summed E-state index contributed by atoms with van der Waals surface area (Å²) in [6.45, 7) is 1.53. The van der Waals surface area contributed by atoms with E-state index in [-0.39, 0.29) is 18.4 Å². The number of hydrogen-bond donors (Lipinski definition) is 1. The van der Waals surface area contributed by atoms with E-state index in [0.717, 1.165) is 30.8 Å². The Balaban J connectivity index is 1.44. The maximum atomic E-state index is 12.4. The predicted octanol–water partition coefficient (Wildman–Crippen LogP) is 0.864. The molecular weight excluding hydrogens is 320 g/mol. The number of hydrogen-bond acceptors (Lipinski definition) is 6. The lowest BCUT2D eigenvalue weighted by molar-refractivity contribution is -0.133. The number of likely N-dealkylation sites (tertiary alicyclic amines) is 1. The SMILES string of the molecule is O=C(Cn1cnnn1)N1CCC[C@H](c2nc(-c3ccccc3)n[nH]2)C1. The highest BCUT2D eigenvalue weighted by Crippen LogP contribution is 2.26. The van der Waals surface area contributed by atoms with E-state index in [0.29, 0.717) is 12.4 Å². The zero-order chi connectivity index (χ0) is 17.1. The van der Waals surface area contributed by atoms with Crippen LogP contribution in [0.4, 0.5) is 0 Å². The van der Waals surface area contributed by atoms with Crippen molar-refractivity contribution in [2.75, 3.05) is 13.1 Å². The first-order valence-electron chi connectivity index (χ1n) is 8.26. The molecule has 1 amide bonds. The molecule has 1 aliphatic heterocycles. The highest BCUT2D eigenvalue weighted by atomic mass is 16.2. The number of piperidine rings is 1. The van der Waals surface area contributed by atoms with E-state index in [1.54, 1.807) is 0 Å². The average Bonchev–Trinajstić information content (AvgIpc) is 3.34.